The third-order valence-corrected chi connectivity index (χ3v) is 9.10. The maximum atomic E-state index is 13.4. The SMILES string of the molecule is C[C@@H]1C(O)OC2[C@H](O)C34C5OC(=O)[C@]3(OC3OC(=O)[C@H](O)C34[C@H](C(C)(C)C)[C@H]5O)[C@]21O. The van der Waals surface area contributed by atoms with Crippen LogP contribution >= 0.6 is 0 Å². The predicted molar refractivity (Wildman–Crippen MR) is 94.4 cm³/mol. The van der Waals surface area contributed by atoms with E-state index in [4.69, 9.17) is 18.9 Å². The van der Waals surface area contributed by atoms with Gasteiger partial charge in [-0.1, -0.05) is 27.7 Å². The number of aliphatic hydroxyl groups is 5. The van der Waals surface area contributed by atoms with E-state index in [9.17, 15) is 35.1 Å². The van der Waals surface area contributed by atoms with Crippen LogP contribution in [0.25, 0.3) is 0 Å². The van der Waals surface area contributed by atoms with E-state index < -0.39 is 94.3 Å². The van der Waals surface area contributed by atoms with E-state index in [0.717, 1.165) is 0 Å². The highest BCUT2D eigenvalue weighted by molar-refractivity contribution is 5.91. The van der Waals surface area contributed by atoms with Crippen LogP contribution < -0.4 is 0 Å². The van der Waals surface area contributed by atoms with Gasteiger partial charge in [0.05, 0.1) is 23.0 Å². The Kier molecular flexibility index (Phi) is 3.33. The molecule has 6 aliphatic rings. The molecule has 5 N–H and O–H groups in total. The number of rotatable bonds is 0. The van der Waals surface area contributed by atoms with Gasteiger partial charge in [-0.05, 0) is 5.41 Å². The Morgan fingerprint density at radius 2 is 1.65 bits per heavy atom. The average molecular weight is 442 g/mol. The summed E-state index contributed by atoms with van der Waals surface area (Å²) in [6, 6.07) is 0. The molecule has 0 amide bonds. The van der Waals surface area contributed by atoms with E-state index in [1.165, 1.54) is 6.92 Å². The van der Waals surface area contributed by atoms with Crippen LogP contribution in [0.15, 0.2) is 0 Å². The Morgan fingerprint density at radius 3 is 2.26 bits per heavy atom. The third kappa shape index (κ3) is 1.50. The highest BCUT2D eigenvalue weighted by Gasteiger charge is 3.04. The van der Waals surface area contributed by atoms with E-state index in [0.29, 0.717) is 0 Å². The molecule has 4 aliphatic heterocycles. The molecule has 31 heavy (non-hydrogen) atoms. The zero-order valence-electron chi connectivity index (χ0n) is 17.4. The third-order valence-electron chi connectivity index (χ3n) is 9.10. The molecule has 11 heteroatoms. The largest absolute Gasteiger partial charge is 0.456 e. The Morgan fingerprint density at radius 1 is 1.00 bits per heavy atom. The number of hydrogen-bond donors (Lipinski definition) is 5. The van der Waals surface area contributed by atoms with Gasteiger partial charge in [0.1, 0.15) is 17.8 Å². The molecule has 6 fully saturated rings. The zero-order valence-corrected chi connectivity index (χ0v) is 17.4. The Labute approximate surface area is 176 Å². The van der Waals surface area contributed by atoms with Crippen molar-refractivity contribution in [2.75, 3.05) is 0 Å². The van der Waals surface area contributed by atoms with Crippen LogP contribution in [0.3, 0.4) is 0 Å². The van der Waals surface area contributed by atoms with Gasteiger partial charge in [0.2, 0.25) is 11.9 Å². The van der Waals surface area contributed by atoms with E-state index in [-0.39, 0.29) is 0 Å². The molecular formula is C20H26O11. The van der Waals surface area contributed by atoms with E-state index in [1.807, 2.05) is 0 Å². The molecular weight excluding hydrogens is 416 g/mol. The molecule has 2 saturated carbocycles. The molecule has 11 nitrogen and oxygen atoms in total. The maximum Gasteiger partial charge on any atom is 0.343 e. The number of fused-ring (bicyclic) bond motifs is 1. The molecule has 4 saturated heterocycles. The Bertz CT molecular complexity index is 915. The van der Waals surface area contributed by atoms with Crippen molar-refractivity contribution in [3.63, 3.8) is 0 Å². The maximum absolute atomic E-state index is 13.4. The summed E-state index contributed by atoms with van der Waals surface area (Å²) in [4.78, 5) is 26.0. The minimum Gasteiger partial charge on any atom is -0.456 e. The van der Waals surface area contributed by atoms with Crippen LogP contribution in [0.5, 0.6) is 0 Å². The van der Waals surface area contributed by atoms with Crippen molar-refractivity contribution in [2.45, 2.75) is 82.0 Å². The Hall–Kier alpha value is -1.34. The fourth-order valence-electron chi connectivity index (χ4n) is 8.40. The van der Waals surface area contributed by atoms with Gasteiger partial charge in [-0.3, -0.25) is 0 Å². The van der Waals surface area contributed by atoms with Crippen molar-refractivity contribution in [3.8, 4) is 0 Å². The summed E-state index contributed by atoms with van der Waals surface area (Å²) in [6.07, 6.45) is -10.9. The summed E-state index contributed by atoms with van der Waals surface area (Å²) in [5, 5.41) is 56.5. The second-order valence-corrected chi connectivity index (χ2v) is 10.9. The fourth-order valence-corrected chi connectivity index (χ4v) is 8.40. The van der Waals surface area contributed by atoms with Gasteiger partial charge in [0, 0.05) is 11.8 Å². The second kappa shape index (κ2) is 5.09. The average Bonchev–Trinajstić information content (AvgIpc) is 3.35. The van der Waals surface area contributed by atoms with Gasteiger partial charge in [0.25, 0.3) is 0 Å². The van der Waals surface area contributed by atoms with Gasteiger partial charge < -0.3 is 44.5 Å². The molecule has 2 spiro atoms. The lowest BCUT2D eigenvalue weighted by Crippen LogP contribution is -2.67. The van der Waals surface area contributed by atoms with Crippen LogP contribution in [0.1, 0.15) is 27.7 Å². The smallest absolute Gasteiger partial charge is 0.343 e. The summed E-state index contributed by atoms with van der Waals surface area (Å²) < 4.78 is 22.5. The molecule has 13 atom stereocenters. The van der Waals surface area contributed by atoms with E-state index >= 15 is 0 Å². The van der Waals surface area contributed by atoms with E-state index in [2.05, 4.69) is 0 Å². The molecule has 0 aromatic heterocycles. The van der Waals surface area contributed by atoms with E-state index in [1.54, 1.807) is 20.8 Å². The van der Waals surface area contributed by atoms with Crippen molar-refractivity contribution < 1.29 is 54.1 Å². The molecule has 0 bridgehead atoms. The van der Waals surface area contributed by atoms with Crippen molar-refractivity contribution >= 4 is 11.9 Å². The lowest BCUT2D eigenvalue weighted by Gasteiger charge is -2.47. The standard InChI is InChI=1S/C20H26O11/c1-5-12(24)28-11-8(22)18-10-6(21)7(16(2,3)4)17(18)9(23)13(25)30-15(17)31-20(18,14(26)29-10)19(5,11)27/h5-12,15,21-24,27H,1-4H3/t5-,6-,7+,8+,9+,10?,11?,12?,15?,17?,18?,19-,20-/m1/s1. The Balaban J connectivity index is 1.74. The summed E-state index contributed by atoms with van der Waals surface area (Å²) in [5.41, 5.74) is -9.15. The summed E-state index contributed by atoms with van der Waals surface area (Å²) in [6.45, 7) is 6.77. The number of carbonyl (C=O) groups is 2. The second-order valence-electron chi connectivity index (χ2n) is 10.9. The van der Waals surface area contributed by atoms with Crippen molar-refractivity contribution in [3.05, 3.63) is 0 Å². The summed E-state index contributed by atoms with van der Waals surface area (Å²) in [7, 11) is 0. The molecule has 0 aromatic carbocycles. The quantitative estimate of drug-likeness (QED) is 0.249. The van der Waals surface area contributed by atoms with Gasteiger partial charge in [-0.2, -0.15) is 0 Å². The van der Waals surface area contributed by atoms with Crippen LogP contribution in [0.4, 0.5) is 0 Å². The van der Waals surface area contributed by atoms with Gasteiger partial charge in [0.15, 0.2) is 12.4 Å². The first-order chi connectivity index (χ1) is 14.3. The molecule has 6 rings (SSSR count). The monoisotopic (exact) mass is 442 g/mol. The van der Waals surface area contributed by atoms with Gasteiger partial charge in [-0.25, -0.2) is 9.59 Å². The molecule has 2 aliphatic carbocycles. The molecule has 4 heterocycles. The molecule has 0 radical (unpaired) electrons. The number of ether oxygens (including phenoxy) is 4. The first-order valence-electron chi connectivity index (χ1n) is 10.5. The minimum atomic E-state index is -2.33. The fraction of sp³-hybridized carbons (Fsp3) is 0.900. The summed E-state index contributed by atoms with van der Waals surface area (Å²) >= 11 is 0. The van der Waals surface area contributed by atoms with Crippen molar-refractivity contribution in [1.82, 2.24) is 0 Å². The highest BCUT2D eigenvalue weighted by atomic mass is 16.8. The predicted octanol–water partition coefficient (Wildman–Crippen LogP) is -2.61. The molecule has 0 aromatic rings. The minimum absolute atomic E-state index is 0.774. The van der Waals surface area contributed by atoms with Gasteiger partial charge >= 0.3 is 11.9 Å². The first kappa shape index (κ1) is 20.3. The van der Waals surface area contributed by atoms with Crippen LogP contribution in [0.2, 0.25) is 0 Å². The van der Waals surface area contributed by atoms with Crippen LogP contribution in [-0.4, -0.2) is 91.8 Å². The lowest BCUT2D eigenvalue weighted by atomic mass is 9.51. The molecule has 172 valence electrons. The number of esters is 2. The number of carbonyl (C=O) groups excluding carboxylic acids is 2. The number of aliphatic hydroxyl groups excluding tert-OH is 4. The zero-order chi connectivity index (χ0) is 22.7. The summed E-state index contributed by atoms with van der Waals surface area (Å²) in [5.74, 6) is -4.11. The van der Waals surface area contributed by atoms with Crippen molar-refractivity contribution in [2.24, 2.45) is 28.1 Å². The van der Waals surface area contributed by atoms with Crippen molar-refractivity contribution in [1.29, 1.82) is 0 Å². The first-order valence-corrected chi connectivity index (χ1v) is 10.5. The van der Waals surface area contributed by atoms with Crippen LogP contribution in [-0.2, 0) is 28.5 Å². The number of hydrogen-bond acceptors (Lipinski definition) is 11. The highest BCUT2D eigenvalue weighted by Crippen LogP contribution is 2.84. The van der Waals surface area contributed by atoms with Crippen LogP contribution in [0, 0.1) is 28.1 Å². The lowest BCUT2D eigenvalue weighted by molar-refractivity contribution is -0.240. The normalized spacial score (nSPS) is 63.6. The topological polar surface area (TPSA) is 172 Å². The molecule has 6 unspecified atom stereocenters. The van der Waals surface area contributed by atoms with Gasteiger partial charge in [-0.15, -0.1) is 0 Å².